The van der Waals surface area contributed by atoms with Crippen LogP contribution in [0.15, 0.2) is 64.0 Å². The van der Waals surface area contributed by atoms with Crippen LogP contribution in [0.2, 0.25) is 0 Å². The average Bonchev–Trinajstić information content (AvgIpc) is 3.51. The number of allylic oxidation sites excluding steroid dienone is 2. The second kappa shape index (κ2) is 16.6. The van der Waals surface area contributed by atoms with Crippen molar-refractivity contribution in [2.75, 3.05) is 12.4 Å². The summed E-state index contributed by atoms with van der Waals surface area (Å²) in [4.78, 5) is 31.2. The highest BCUT2D eigenvalue weighted by molar-refractivity contribution is 8.17. The van der Waals surface area contributed by atoms with Crippen LogP contribution in [-0.4, -0.2) is 44.4 Å². The second-order valence-electron chi connectivity index (χ2n) is 11.0. The van der Waals surface area contributed by atoms with Gasteiger partial charge in [0.25, 0.3) is 0 Å². The molecule has 3 aromatic rings. The van der Waals surface area contributed by atoms with Gasteiger partial charge in [0.15, 0.2) is 5.17 Å². The summed E-state index contributed by atoms with van der Waals surface area (Å²) in [7, 11) is 1.69. The van der Waals surface area contributed by atoms with Crippen LogP contribution in [0.25, 0.3) is 0 Å². The molecule has 2 atom stereocenters. The SMILES string of the molecule is CCC(C)=C(SC(=NC)NC(=O)Cc1cccc(CO)c1)C1CCCC(c2nnc(NC(=O)Cc3cccc(CO)c3)s2)C1. The molecule has 0 bridgehead atoms. The van der Waals surface area contributed by atoms with Gasteiger partial charge in [-0.1, -0.05) is 90.5 Å². The number of carbonyl (C=O) groups excluding carboxylic acids is 2. The number of aliphatic hydroxyl groups excluding tert-OH is 2. The van der Waals surface area contributed by atoms with Gasteiger partial charge in [-0.3, -0.25) is 14.6 Å². The summed E-state index contributed by atoms with van der Waals surface area (Å²) < 4.78 is 0. The molecule has 0 aliphatic heterocycles. The zero-order valence-corrected chi connectivity index (χ0v) is 27.1. The molecule has 44 heavy (non-hydrogen) atoms. The van der Waals surface area contributed by atoms with E-state index in [2.05, 4.69) is 39.7 Å². The predicted molar refractivity (Wildman–Crippen MR) is 177 cm³/mol. The maximum atomic E-state index is 12.9. The monoisotopic (exact) mass is 635 g/mol. The number of hydrogen-bond acceptors (Lipinski definition) is 9. The molecule has 9 nitrogen and oxygen atoms in total. The molecule has 2 amide bonds. The minimum atomic E-state index is -0.168. The Hall–Kier alpha value is -3.38. The first-order valence-corrected chi connectivity index (χ1v) is 16.6. The Labute approximate surface area is 267 Å². The lowest BCUT2D eigenvalue weighted by Crippen LogP contribution is -2.30. The van der Waals surface area contributed by atoms with Gasteiger partial charge in [-0.25, -0.2) is 0 Å². The first-order valence-electron chi connectivity index (χ1n) is 15.0. The quantitative estimate of drug-likeness (QED) is 0.156. The van der Waals surface area contributed by atoms with Crippen LogP contribution in [0.1, 0.15) is 79.1 Å². The van der Waals surface area contributed by atoms with Crippen molar-refractivity contribution < 1.29 is 19.8 Å². The van der Waals surface area contributed by atoms with E-state index in [1.807, 2.05) is 48.5 Å². The van der Waals surface area contributed by atoms with Crippen molar-refractivity contribution >= 4 is 45.2 Å². The molecule has 4 rings (SSSR count). The highest BCUT2D eigenvalue weighted by Crippen LogP contribution is 2.45. The normalized spacial score (nSPS) is 17.6. The number of anilines is 1. The van der Waals surface area contributed by atoms with Crippen LogP contribution >= 0.6 is 23.1 Å². The number of aliphatic hydroxyl groups is 2. The largest absolute Gasteiger partial charge is 0.392 e. The van der Waals surface area contributed by atoms with Crippen molar-refractivity contribution in [1.82, 2.24) is 15.5 Å². The Kier molecular flexibility index (Phi) is 12.7. The van der Waals surface area contributed by atoms with Crippen molar-refractivity contribution in [3.63, 3.8) is 0 Å². The Morgan fingerprint density at radius 2 is 1.61 bits per heavy atom. The third kappa shape index (κ3) is 9.56. The molecule has 0 saturated heterocycles. The minimum absolute atomic E-state index is 0.0616. The molecule has 1 heterocycles. The fourth-order valence-corrected chi connectivity index (χ4v) is 7.47. The number of rotatable bonds is 11. The zero-order chi connectivity index (χ0) is 31.5. The summed E-state index contributed by atoms with van der Waals surface area (Å²) >= 11 is 2.97. The molecule has 2 aromatic carbocycles. The highest BCUT2D eigenvalue weighted by Gasteiger charge is 2.30. The van der Waals surface area contributed by atoms with E-state index in [0.717, 1.165) is 59.4 Å². The number of hydrogen-bond donors (Lipinski definition) is 4. The van der Waals surface area contributed by atoms with Gasteiger partial charge in [0.05, 0.1) is 26.1 Å². The Bertz CT molecular complexity index is 1500. The lowest BCUT2D eigenvalue weighted by Gasteiger charge is -2.30. The number of aromatic nitrogens is 2. The first-order chi connectivity index (χ1) is 21.3. The Morgan fingerprint density at radius 1 is 0.977 bits per heavy atom. The van der Waals surface area contributed by atoms with Gasteiger partial charge in [0.1, 0.15) is 5.01 Å². The fourth-order valence-electron chi connectivity index (χ4n) is 5.40. The summed E-state index contributed by atoms with van der Waals surface area (Å²) in [6.45, 7) is 4.17. The van der Waals surface area contributed by atoms with Crippen LogP contribution in [0.5, 0.6) is 0 Å². The number of aliphatic imine (C=N–C) groups is 1. The Morgan fingerprint density at radius 3 is 2.23 bits per heavy atom. The van der Waals surface area contributed by atoms with E-state index in [4.69, 9.17) is 0 Å². The molecule has 4 N–H and O–H groups in total. The fraction of sp³-hybridized carbons (Fsp3) is 0.424. The van der Waals surface area contributed by atoms with Crippen molar-refractivity contribution in [2.24, 2.45) is 10.9 Å². The van der Waals surface area contributed by atoms with Crippen molar-refractivity contribution in [3.05, 3.63) is 86.3 Å². The topological polar surface area (TPSA) is 137 Å². The van der Waals surface area contributed by atoms with Crippen molar-refractivity contribution in [1.29, 1.82) is 0 Å². The summed E-state index contributed by atoms with van der Waals surface area (Å²) in [6, 6.07) is 14.7. The Balaban J connectivity index is 1.38. The summed E-state index contributed by atoms with van der Waals surface area (Å²) in [5.41, 5.74) is 4.50. The molecule has 2 unspecified atom stereocenters. The number of nitrogens with zero attached hydrogens (tertiary/aromatic N) is 3. The number of benzene rings is 2. The van der Waals surface area contributed by atoms with Gasteiger partial charge in [0.2, 0.25) is 16.9 Å². The smallest absolute Gasteiger partial charge is 0.230 e. The number of amides is 2. The van der Waals surface area contributed by atoms with Crippen LogP contribution in [0, 0.1) is 5.92 Å². The average molecular weight is 636 g/mol. The molecule has 1 aliphatic rings. The molecule has 1 saturated carbocycles. The third-order valence-electron chi connectivity index (χ3n) is 7.77. The van der Waals surface area contributed by atoms with Gasteiger partial charge in [-0.15, -0.1) is 10.2 Å². The van der Waals surface area contributed by atoms with E-state index in [1.54, 1.807) is 18.8 Å². The molecule has 1 fully saturated rings. The van der Waals surface area contributed by atoms with E-state index in [9.17, 15) is 19.8 Å². The first kappa shape index (κ1) is 33.5. The minimum Gasteiger partial charge on any atom is -0.392 e. The van der Waals surface area contributed by atoms with E-state index < -0.39 is 0 Å². The summed E-state index contributed by atoms with van der Waals surface area (Å²) in [5, 5.41) is 35.4. The maximum absolute atomic E-state index is 12.9. The lowest BCUT2D eigenvalue weighted by atomic mass is 9.80. The summed E-state index contributed by atoms with van der Waals surface area (Å²) in [6.07, 6.45) is 5.32. The molecule has 1 aromatic heterocycles. The van der Waals surface area contributed by atoms with Crippen LogP contribution < -0.4 is 10.6 Å². The molecule has 1 aliphatic carbocycles. The summed E-state index contributed by atoms with van der Waals surface area (Å²) in [5.74, 6) is 0.218. The molecule has 0 radical (unpaired) electrons. The van der Waals surface area contributed by atoms with Crippen molar-refractivity contribution in [3.8, 4) is 0 Å². The molecule has 234 valence electrons. The van der Waals surface area contributed by atoms with Crippen LogP contribution in [-0.2, 0) is 35.6 Å². The van der Waals surface area contributed by atoms with Crippen molar-refractivity contribution in [2.45, 2.75) is 77.9 Å². The number of amidine groups is 1. The van der Waals surface area contributed by atoms with E-state index in [-0.39, 0.29) is 43.8 Å². The molecule has 0 spiro atoms. The maximum Gasteiger partial charge on any atom is 0.230 e. The molecule has 11 heteroatoms. The highest BCUT2D eigenvalue weighted by atomic mass is 32.2. The third-order valence-corrected chi connectivity index (χ3v) is 10.1. The predicted octanol–water partition coefficient (Wildman–Crippen LogP) is 5.74. The van der Waals surface area contributed by atoms with Crippen LogP contribution in [0.4, 0.5) is 5.13 Å². The molecular weight excluding hydrogens is 595 g/mol. The number of carbonyl (C=O) groups is 2. The van der Waals surface area contributed by atoms with Gasteiger partial charge in [-0.2, -0.15) is 0 Å². The van der Waals surface area contributed by atoms with Gasteiger partial charge >= 0.3 is 0 Å². The number of thioether (sulfide) groups is 1. The second-order valence-corrected chi connectivity index (χ2v) is 13.1. The van der Waals surface area contributed by atoms with Crippen LogP contribution in [0.3, 0.4) is 0 Å². The van der Waals surface area contributed by atoms with E-state index in [0.29, 0.717) is 16.2 Å². The van der Waals surface area contributed by atoms with E-state index in [1.165, 1.54) is 21.8 Å². The van der Waals surface area contributed by atoms with Gasteiger partial charge < -0.3 is 20.8 Å². The lowest BCUT2D eigenvalue weighted by molar-refractivity contribution is -0.119. The van der Waals surface area contributed by atoms with Gasteiger partial charge in [-0.05, 0) is 65.7 Å². The zero-order valence-electron chi connectivity index (χ0n) is 25.5. The standard InChI is InChI=1S/C33H41N5O4S2/c1-4-21(2)30(43-32(34-3)35-28(41)16-22-8-5-10-24(14-22)19-39)26-12-7-13-27(18-26)31-37-38-33(44-31)36-29(42)17-23-9-6-11-25(15-23)20-40/h5-6,8-11,14-15,26-27,39-40H,4,7,12-13,16-20H2,1-3H3,(H,34,35,41)(H,36,38,42). The molecular formula is C33H41N5O4S2. The number of nitrogens with one attached hydrogen (secondary N) is 2. The van der Waals surface area contributed by atoms with E-state index >= 15 is 0 Å². The van der Waals surface area contributed by atoms with Gasteiger partial charge in [0, 0.05) is 13.0 Å².